The topological polar surface area (TPSA) is 46.6 Å². The number of anilines is 1. The van der Waals surface area contributed by atoms with Gasteiger partial charge in [0.25, 0.3) is 0 Å². The first-order chi connectivity index (χ1) is 11.3. The number of rotatable bonds is 1. The van der Waals surface area contributed by atoms with E-state index in [0.717, 1.165) is 10.5 Å². The lowest BCUT2D eigenvalue weighted by atomic mass is 9.93. The molecular weight excluding hydrogens is 326 g/mol. The maximum Gasteiger partial charge on any atom is 0.421 e. The Morgan fingerprint density at radius 3 is 2.38 bits per heavy atom. The summed E-state index contributed by atoms with van der Waals surface area (Å²) >= 11 is 6.35. The minimum atomic E-state index is -0.694. The van der Waals surface area contributed by atoms with Crippen LogP contribution in [0.3, 0.4) is 0 Å². The fraction of sp³-hybridized carbons (Fsp3) is 0.263. The number of fused-ring (bicyclic) bond motifs is 1. The Hall–Kier alpha value is -2.33. The van der Waals surface area contributed by atoms with Gasteiger partial charge in [0.1, 0.15) is 5.60 Å². The molecule has 1 aliphatic rings. The minimum absolute atomic E-state index is 0.349. The fourth-order valence-electron chi connectivity index (χ4n) is 2.83. The van der Waals surface area contributed by atoms with E-state index in [-0.39, 0.29) is 5.91 Å². The van der Waals surface area contributed by atoms with Gasteiger partial charge in [-0.05, 0) is 38.5 Å². The van der Waals surface area contributed by atoms with Gasteiger partial charge < -0.3 is 4.74 Å². The lowest BCUT2D eigenvalue weighted by Gasteiger charge is -2.24. The van der Waals surface area contributed by atoms with Gasteiger partial charge in [0.05, 0.1) is 11.6 Å². The van der Waals surface area contributed by atoms with Crippen molar-refractivity contribution >= 4 is 29.3 Å². The first kappa shape index (κ1) is 16.5. The molecular formula is C19H18ClNO3. The summed E-state index contributed by atoms with van der Waals surface area (Å²) < 4.78 is 5.40. The summed E-state index contributed by atoms with van der Waals surface area (Å²) in [6, 6.07) is 14.5. The van der Waals surface area contributed by atoms with Gasteiger partial charge in [-0.15, -0.1) is 0 Å². The molecule has 1 unspecified atom stereocenters. The van der Waals surface area contributed by atoms with Crippen LogP contribution in [-0.4, -0.2) is 17.6 Å². The molecule has 5 heteroatoms. The summed E-state index contributed by atoms with van der Waals surface area (Å²) in [5.41, 5.74) is 1.22. The lowest BCUT2D eigenvalue weighted by molar-refractivity contribution is -0.118. The van der Waals surface area contributed by atoms with Crippen LogP contribution in [0.5, 0.6) is 0 Å². The fourth-order valence-corrected chi connectivity index (χ4v) is 3.11. The van der Waals surface area contributed by atoms with Gasteiger partial charge >= 0.3 is 6.09 Å². The number of nitrogens with zero attached hydrogens (tertiary/aromatic N) is 1. The number of halogens is 1. The predicted octanol–water partition coefficient (Wildman–Crippen LogP) is 4.75. The van der Waals surface area contributed by atoms with Gasteiger partial charge in [0.15, 0.2) is 0 Å². The molecule has 3 rings (SSSR count). The summed E-state index contributed by atoms with van der Waals surface area (Å²) in [6.45, 7) is 5.29. The molecule has 0 fully saturated rings. The Bertz CT molecular complexity index is 796. The van der Waals surface area contributed by atoms with Crippen LogP contribution < -0.4 is 4.90 Å². The van der Waals surface area contributed by atoms with E-state index < -0.39 is 17.6 Å². The van der Waals surface area contributed by atoms with E-state index in [1.165, 1.54) is 0 Å². The molecule has 0 aromatic heterocycles. The number of carbonyl (C=O) groups is 2. The largest absolute Gasteiger partial charge is 0.443 e. The quantitative estimate of drug-likeness (QED) is 0.750. The van der Waals surface area contributed by atoms with Crippen molar-refractivity contribution in [1.82, 2.24) is 0 Å². The van der Waals surface area contributed by atoms with Crippen molar-refractivity contribution in [2.75, 3.05) is 4.90 Å². The van der Waals surface area contributed by atoms with Crippen molar-refractivity contribution in [3.8, 4) is 0 Å². The molecule has 0 spiro atoms. The van der Waals surface area contributed by atoms with Crippen LogP contribution >= 0.6 is 11.6 Å². The summed E-state index contributed by atoms with van der Waals surface area (Å²) in [5, 5.41) is 0.459. The van der Waals surface area contributed by atoms with Crippen molar-refractivity contribution < 1.29 is 14.3 Å². The number of hydrogen-bond acceptors (Lipinski definition) is 3. The minimum Gasteiger partial charge on any atom is -0.443 e. The van der Waals surface area contributed by atoms with Crippen molar-refractivity contribution in [2.24, 2.45) is 0 Å². The van der Waals surface area contributed by atoms with Crippen molar-refractivity contribution in [2.45, 2.75) is 32.3 Å². The number of hydrogen-bond donors (Lipinski definition) is 0. The molecule has 4 nitrogen and oxygen atoms in total. The van der Waals surface area contributed by atoms with Crippen LogP contribution in [0.1, 0.15) is 37.8 Å². The molecule has 0 N–H and O–H groups in total. The molecule has 0 aliphatic carbocycles. The standard InChI is InChI=1S/C19H18ClNO3/c1-19(2,3)24-18(23)21-14-11-7-10-13(20)16(14)15(17(21)22)12-8-5-4-6-9-12/h4-11,15H,1-3H3. The molecule has 0 saturated heterocycles. The third-order valence-corrected chi connectivity index (χ3v) is 4.07. The lowest BCUT2D eigenvalue weighted by Crippen LogP contribution is -2.39. The predicted molar refractivity (Wildman–Crippen MR) is 93.5 cm³/mol. The second-order valence-corrected chi connectivity index (χ2v) is 7.08. The first-order valence-corrected chi connectivity index (χ1v) is 8.07. The average molecular weight is 344 g/mol. The first-order valence-electron chi connectivity index (χ1n) is 7.70. The highest BCUT2D eigenvalue weighted by atomic mass is 35.5. The zero-order valence-corrected chi connectivity index (χ0v) is 14.5. The van der Waals surface area contributed by atoms with Crippen LogP contribution in [-0.2, 0) is 9.53 Å². The molecule has 2 aromatic rings. The van der Waals surface area contributed by atoms with Crippen LogP contribution in [0, 0.1) is 0 Å². The maximum atomic E-state index is 13.0. The molecule has 1 heterocycles. The normalized spacial score (nSPS) is 16.9. The Labute approximate surface area is 146 Å². The van der Waals surface area contributed by atoms with E-state index in [4.69, 9.17) is 16.3 Å². The third kappa shape index (κ3) is 2.89. The Kier molecular flexibility index (Phi) is 4.10. The molecule has 1 atom stereocenters. The van der Waals surface area contributed by atoms with E-state index in [0.29, 0.717) is 16.3 Å². The highest BCUT2D eigenvalue weighted by molar-refractivity contribution is 6.34. The summed E-state index contributed by atoms with van der Waals surface area (Å²) in [7, 11) is 0. The zero-order chi connectivity index (χ0) is 17.5. The molecule has 24 heavy (non-hydrogen) atoms. The highest BCUT2D eigenvalue weighted by Gasteiger charge is 2.44. The van der Waals surface area contributed by atoms with Gasteiger partial charge in [-0.25, -0.2) is 9.69 Å². The van der Waals surface area contributed by atoms with E-state index in [2.05, 4.69) is 0 Å². The molecule has 124 valence electrons. The van der Waals surface area contributed by atoms with Crippen LogP contribution in [0.25, 0.3) is 0 Å². The van der Waals surface area contributed by atoms with E-state index in [9.17, 15) is 9.59 Å². The second-order valence-electron chi connectivity index (χ2n) is 6.67. The SMILES string of the molecule is CC(C)(C)OC(=O)N1C(=O)C(c2ccccc2)c2c(Cl)cccc21. The Morgan fingerprint density at radius 1 is 1.08 bits per heavy atom. The van der Waals surface area contributed by atoms with E-state index >= 15 is 0 Å². The van der Waals surface area contributed by atoms with E-state index in [1.807, 2.05) is 30.3 Å². The summed E-state index contributed by atoms with van der Waals surface area (Å²) in [5.74, 6) is -0.957. The van der Waals surface area contributed by atoms with Gasteiger partial charge in [0.2, 0.25) is 5.91 Å². The van der Waals surface area contributed by atoms with Gasteiger partial charge in [0, 0.05) is 10.6 Å². The maximum absolute atomic E-state index is 13.0. The number of amides is 2. The highest BCUT2D eigenvalue weighted by Crippen LogP contribution is 2.45. The van der Waals surface area contributed by atoms with Crippen molar-refractivity contribution in [3.63, 3.8) is 0 Å². The Balaban J connectivity index is 2.10. The molecule has 0 saturated carbocycles. The van der Waals surface area contributed by atoms with Crippen molar-refractivity contribution in [3.05, 3.63) is 64.7 Å². The molecule has 1 aliphatic heterocycles. The van der Waals surface area contributed by atoms with Gasteiger partial charge in [-0.2, -0.15) is 0 Å². The Morgan fingerprint density at radius 2 is 1.75 bits per heavy atom. The molecule has 0 bridgehead atoms. The third-order valence-electron chi connectivity index (χ3n) is 3.74. The zero-order valence-electron chi connectivity index (χ0n) is 13.7. The number of ether oxygens (including phenoxy) is 1. The van der Waals surface area contributed by atoms with Crippen LogP contribution in [0.2, 0.25) is 5.02 Å². The average Bonchev–Trinajstić information content (AvgIpc) is 2.80. The smallest absolute Gasteiger partial charge is 0.421 e. The number of benzene rings is 2. The second kappa shape index (κ2) is 5.95. The van der Waals surface area contributed by atoms with Crippen molar-refractivity contribution in [1.29, 1.82) is 0 Å². The summed E-state index contributed by atoms with van der Waals surface area (Å²) in [6.07, 6.45) is -0.686. The summed E-state index contributed by atoms with van der Waals surface area (Å²) in [4.78, 5) is 26.7. The van der Waals surface area contributed by atoms with E-state index in [1.54, 1.807) is 39.0 Å². The number of carbonyl (C=O) groups excluding carboxylic acids is 2. The van der Waals surface area contributed by atoms with Crippen LogP contribution in [0.15, 0.2) is 48.5 Å². The van der Waals surface area contributed by atoms with Gasteiger partial charge in [-0.1, -0.05) is 48.0 Å². The van der Waals surface area contributed by atoms with Gasteiger partial charge in [-0.3, -0.25) is 4.79 Å². The molecule has 0 radical (unpaired) electrons. The van der Waals surface area contributed by atoms with Crippen LogP contribution in [0.4, 0.5) is 10.5 Å². The monoisotopic (exact) mass is 343 g/mol. The molecule has 2 aromatic carbocycles. The molecule has 2 amide bonds. The number of imide groups is 1.